The quantitative estimate of drug-likeness (QED) is 0.262. The summed E-state index contributed by atoms with van der Waals surface area (Å²) in [6.45, 7) is 4.53. The maximum atomic E-state index is 12.9. The van der Waals surface area contributed by atoms with Crippen molar-refractivity contribution >= 4 is 16.4 Å². The van der Waals surface area contributed by atoms with E-state index in [0.717, 1.165) is 16.3 Å². The van der Waals surface area contributed by atoms with E-state index in [4.69, 9.17) is 4.98 Å². The highest BCUT2D eigenvalue weighted by Crippen LogP contribution is 2.50. The Bertz CT molecular complexity index is 1880. The largest absolute Gasteiger partial charge is 0.355 e. The minimum atomic E-state index is -0.323. The van der Waals surface area contributed by atoms with Crippen molar-refractivity contribution in [3.63, 3.8) is 0 Å². The molecule has 0 N–H and O–H groups in total. The molecule has 2 heterocycles. The van der Waals surface area contributed by atoms with E-state index in [-0.39, 0.29) is 11.1 Å². The minimum Gasteiger partial charge on any atom is -0.251 e. The molecule has 7 rings (SSSR count). The Morgan fingerprint density at radius 3 is 2.11 bits per heavy atom. The van der Waals surface area contributed by atoms with Crippen LogP contribution in [0.1, 0.15) is 25.0 Å². The first-order valence-electron chi connectivity index (χ1n) is 12.1. The van der Waals surface area contributed by atoms with Crippen molar-refractivity contribution in [3.8, 4) is 33.6 Å². The highest BCUT2D eigenvalue weighted by Gasteiger charge is 2.36. The Hall–Kier alpha value is -4.57. The van der Waals surface area contributed by atoms with E-state index in [2.05, 4.69) is 73.4 Å². The zero-order valence-corrected chi connectivity index (χ0v) is 20.1. The second kappa shape index (κ2) is 7.46. The van der Waals surface area contributed by atoms with Crippen LogP contribution in [0.4, 0.5) is 0 Å². The summed E-state index contributed by atoms with van der Waals surface area (Å²) in [6, 6.07) is 33.5. The van der Waals surface area contributed by atoms with Crippen molar-refractivity contribution < 1.29 is 0 Å². The van der Waals surface area contributed by atoms with Crippen LogP contribution in [0, 0.1) is 0 Å². The summed E-state index contributed by atoms with van der Waals surface area (Å²) in [5.74, 6) is 0.455. The Morgan fingerprint density at radius 2 is 1.33 bits per heavy atom. The summed E-state index contributed by atoms with van der Waals surface area (Å²) >= 11 is 0. The molecule has 4 nitrogen and oxygen atoms in total. The topological polar surface area (TPSA) is 47.3 Å². The summed E-state index contributed by atoms with van der Waals surface area (Å²) in [7, 11) is 0. The number of hydrogen-bond donors (Lipinski definition) is 0. The van der Waals surface area contributed by atoms with Gasteiger partial charge in [-0.2, -0.15) is 4.98 Å². The van der Waals surface area contributed by atoms with Crippen LogP contribution >= 0.6 is 0 Å². The molecule has 0 saturated heterocycles. The van der Waals surface area contributed by atoms with Gasteiger partial charge < -0.3 is 0 Å². The maximum absolute atomic E-state index is 12.9. The molecular weight excluding hydrogens is 442 g/mol. The molecule has 0 bridgehead atoms. The van der Waals surface area contributed by atoms with Crippen LogP contribution in [0.3, 0.4) is 0 Å². The molecule has 172 valence electrons. The predicted molar refractivity (Wildman–Crippen MR) is 145 cm³/mol. The number of benzene rings is 4. The third-order valence-corrected chi connectivity index (χ3v) is 7.49. The van der Waals surface area contributed by atoms with Gasteiger partial charge in [-0.3, -0.25) is 4.40 Å². The van der Waals surface area contributed by atoms with Crippen LogP contribution in [0.2, 0.25) is 0 Å². The molecule has 1 aliphatic rings. The third kappa shape index (κ3) is 2.97. The third-order valence-electron chi connectivity index (χ3n) is 7.49. The summed E-state index contributed by atoms with van der Waals surface area (Å²) in [5, 5.41) is 1.98. The van der Waals surface area contributed by atoms with E-state index in [9.17, 15) is 4.79 Å². The SMILES string of the molecule is CC1(C)c2cc(-c3ccccc3)ccc2-c2ccc(-c3nc(=O)n4ccc5ccccc5c4n3)cc21. The molecule has 6 aromatic rings. The lowest BCUT2D eigenvalue weighted by molar-refractivity contribution is 0.660. The van der Waals surface area contributed by atoms with Gasteiger partial charge in [-0.1, -0.05) is 92.7 Å². The molecule has 0 amide bonds. The molecule has 0 atom stereocenters. The van der Waals surface area contributed by atoms with Gasteiger partial charge >= 0.3 is 5.69 Å². The van der Waals surface area contributed by atoms with Crippen molar-refractivity contribution in [2.45, 2.75) is 19.3 Å². The molecule has 36 heavy (non-hydrogen) atoms. The maximum Gasteiger partial charge on any atom is 0.355 e. The normalized spacial score (nSPS) is 13.6. The van der Waals surface area contributed by atoms with Gasteiger partial charge in [-0.15, -0.1) is 0 Å². The molecule has 4 aromatic carbocycles. The number of pyridine rings is 1. The summed E-state index contributed by atoms with van der Waals surface area (Å²) < 4.78 is 1.52. The lowest BCUT2D eigenvalue weighted by Gasteiger charge is -2.22. The van der Waals surface area contributed by atoms with Crippen LogP contribution in [0.15, 0.2) is 108 Å². The molecule has 0 aliphatic heterocycles. The summed E-state index contributed by atoms with van der Waals surface area (Å²) in [6.07, 6.45) is 1.75. The van der Waals surface area contributed by atoms with Gasteiger partial charge in [0.1, 0.15) is 0 Å². The van der Waals surface area contributed by atoms with Gasteiger partial charge in [0.2, 0.25) is 0 Å². The van der Waals surface area contributed by atoms with E-state index in [0.29, 0.717) is 11.5 Å². The van der Waals surface area contributed by atoms with E-state index >= 15 is 0 Å². The number of nitrogens with zero attached hydrogens (tertiary/aromatic N) is 3. The van der Waals surface area contributed by atoms with Crippen molar-refractivity contribution in [2.75, 3.05) is 0 Å². The molecule has 2 aromatic heterocycles. The molecule has 0 unspecified atom stereocenters. The average Bonchev–Trinajstić information content (AvgIpc) is 3.14. The zero-order valence-electron chi connectivity index (χ0n) is 20.1. The first kappa shape index (κ1) is 20.8. The van der Waals surface area contributed by atoms with Gasteiger partial charge in [0.05, 0.1) is 0 Å². The Kier molecular flexibility index (Phi) is 4.31. The van der Waals surface area contributed by atoms with Gasteiger partial charge in [0.15, 0.2) is 11.5 Å². The fourth-order valence-corrected chi connectivity index (χ4v) is 5.56. The summed E-state index contributed by atoms with van der Waals surface area (Å²) in [4.78, 5) is 22.2. The number of hydrogen-bond acceptors (Lipinski definition) is 3. The lowest BCUT2D eigenvalue weighted by Crippen LogP contribution is -2.19. The molecule has 1 aliphatic carbocycles. The van der Waals surface area contributed by atoms with Crippen LogP contribution in [0.5, 0.6) is 0 Å². The van der Waals surface area contributed by atoms with Crippen LogP contribution < -0.4 is 5.69 Å². The highest BCUT2D eigenvalue weighted by atomic mass is 16.1. The van der Waals surface area contributed by atoms with Crippen molar-refractivity contribution in [1.29, 1.82) is 0 Å². The Balaban J connectivity index is 1.38. The van der Waals surface area contributed by atoms with E-state index in [1.807, 2.05) is 42.5 Å². The minimum absolute atomic E-state index is 0.190. The number of aromatic nitrogens is 3. The van der Waals surface area contributed by atoms with Gasteiger partial charge in [-0.05, 0) is 57.0 Å². The lowest BCUT2D eigenvalue weighted by atomic mass is 9.81. The molecule has 0 radical (unpaired) electrons. The molecule has 0 saturated carbocycles. The molecule has 4 heteroatoms. The molecule has 0 spiro atoms. The Morgan fingerprint density at radius 1 is 0.667 bits per heavy atom. The monoisotopic (exact) mass is 465 g/mol. The van der Waals surface area contributed by atoms with Crippen LogP contribution in [-0.4, -0.2) is 14.4 Å². The second-order valence-electron chi connectivity index (χ2n) is 9.94. The standard InChI is InChI=1S/C32H23N3O/c1-32(2)27-18-22(20-8-4-3-5-9-20)12-14-25(27)26-15-13-23(19-28(26)32)29-33-30-24-11-7-6-10-21(24)16-17-35(30)31(36)34-29/h3-19H,1-2H3. The smallest absolute Gasteiger partial charge is 0.251 e. The number of fused-ring (bicyclic) bond motifs is 6. The number of rotatable bonds is 2. The zero-order chi connectivity index (χ0) is 24.4. The van der Waals surface area contributed by atoms with Crippen LogP contribution in [0.25, 0.3) is 50.1 Å². The first-order valence-corrected chi connectivity index (χ1v) is 12.1. The second-order valence-corrected chi connectivity index (χ2v) is 9.94. The van der Waals surface area contributed by atoms with Crippen molar-refractivity contribution in [1.82, 2.24) is 14.4 Å². The van der Waals surface area contributed by atoms with Gasteiger partial charge in [0, 0.05) is 22.6 Å². The molecule has 0 fully saturated rings. The first-order chi connectivity index (χ1) is 17.5. The van der Waals surface area contributed by atoms with Crippen molar-refractivity contribution in [2.24, 2.45) is 0 Å². The van der Waals surface area contributed by atoms with E-state index in [1.54, 1.807) is 6.20 Å². The van der Waals surface area contributed by atoms with E-state index in [1.165, 1.54) is 37.8 Å². The average molecular weight is 466 g/mol. The fourth-order valence-electron chi connectivity index (χ4n) is 5.56. The predicted octanol–water partition coefficient (Wildman–Crippen LogP) is 6.88. The van der Waals surface area contributed by atoms with Crippen molar-refractivity contribution in [3.05, 3.63) is 125 Å². The fraction of sp³-hybridized carbons (Fsp3) is 0.0938. The van der Waals surface area contributed by atoms with E-state index < -0.39 is 0 Å². The Labute approximate surface area is 208 Å². The summed E-state index contributed by atoms with van der Waals surface area (Å²) in [5.41, 5.74) is 8.40. The van der Waals surface area contributed by atoms with Gasteiger partial charge in [0.25, 0.3) is 0 Å². The van der Waals surface area contributed by atoms with Gasteiger partial charge in [-0.25, -0.2) is 9.78 Å². The molecular formula is C32H23N3O. The highest BCUT2D eigenvalue weighted by molar-refractivity contribution is 5.94. The van der Waals surface area contributed by atoms with Crippen LogP contribution in [-0.2, 0) is 5.41 Å².